The first-order valence-corrected chi connectivity index (χ1v) is 8.04. The third kappa shape index (κ3) is 4.11. The molecule has 0 saturated carbocycles. The first kappa shape index (κ1) is 16.0. The van der Waals surface area contributed by atoms with Gasteiger partial charge in [-0.05, 0) is 24.3 Å². The number of nitrogens with one attached hydrogen (secondary N) is 1. The Balaban J connectivity index is 1.56. The zero-order valence-corrected chi connectivity index (χ0v) is 13.6. The Hall–Kier alpha value is -2.87. The molecule has 3 rings (SSSR count). The van der Waals surface area contributed by atoms with Crippen LogP contribution in [0.1, 0.15) is 0 Å². The number of ether oxygens (including phenoxy) is 1. The van der Waals surface area contributed by atoms with Crippen LogP contribution in [0.3, 0.4) is 0 Å². The van der Waals surface area contributed by atoms with Crippen molar-refractivity contribution in [3.05, 3.63) is 48.8 Å². The van der Waals surface area contributed by atoms with Crippen molar-refractivity contribution in [1.82, 2.24) is 15.2 Å². The molecule has 0 aliphatic heterocycles. The summed E-state index contributed by atoms with van der Waals surface area (Å²) in [5, 5.41) is 11.0. The van der Waals surface area contributed by atoms with Crippen LogP contribution in [0.4, 0.5) is 5.69 Å². The molecule has 122 valence electrons. The Kier molecular flexibility index (Phi) is 5.07. The van der Waals surface area contributed by atoms with Crippen molar-refractivity contribution in [2.75, 3.05) is 18.2 Å². The molecule has 1 N–H and O–H groups in total. The molecule has 24 heavy (non-hydrogen) atoms. The summed E-state index contributed by atoms with van der Waals surface area (Å²) in [6.07, 6.45) is 3.30. The van der Waals surface area contributed by atoms with Crippen molar-refractivity contribution in [3.8, 4) is 17.2 Å². The van der Waals surface area contributed by atoms with Gasteiger partial charge in [-0.3, -0.25) is 9.78 Å². The number of nitrogens with zero attached hydrogens (tertiary/aromatic N) is 3. The maximum absolute atomic E-state index is 12.0. The fourth-order valence-electron chi connectivity index (χ4n) is 1.90. The molecule has 0 atom stereocenters. The van der Waals surface area contributed by atoms with E-state index >= 15 is 0 Å². The molecule has 0 unspecified atom stereocenters. The largest absolute Gasteiger partial charge is 0.497 e. The fourth-order valence-corrected chi connectivity index (χ4v) is 2.46. The van der Waals surface area contributed by atoms with Crippen molar-refractivity contribution in [1.29, 1.82) is 0 Å². The molecular weight excluding hydrogens is 328 g/mol. The highest BCUT2D eigenvalue weighted by molar-refractivity contribution is 7.99. The molecule has 0 aliphatic carbocycles. The highest BCUT2D eigenvalue weighted by atomic mass is 32.2. The first-order chi connectivity index (χ1) is 11.7. The highest BCUT2D eigenvalue weighted by Crippen LogP contribution is 2.23. The van der Waals surface area contributed by atoms with E-state index < -0.39 is 0 Å². The molecule has 0 fully saturated rings. The number of aromatic nitrogens is 3. The maximum Gasteiger partial charge on any atom is 0.277 e. The minimum atomic E-state index is -0.172. The molecule has 1 amide bonds. The van der Waals surface area contributed by atoms with E-state index in [1.54, 1.807) is 43.8 Å². The van der Waals surface area contributed by atoms with Crippen LogP contribution in [0, 0.1) is 0 Å². The summed E-state index contributed by atoms with van der Waals surface area (Å²) in [4.78, 5) is 16.0. The third-order valence-corrected chi connectivity index (χ3v) is 3.81. The summed E-state index contributed by atoms with van der Waals surface area (Å²) in [6.45, 7) is 0. The normalized spacial score (nSPS) is 10.4. The van der Waals surface area contributed by atoms with Crippen LogP contribution < -0.4 is 10.1 Å². The van der Waals surface area contributed by atoms with Crippen LogP contribution in [-0.4, -0.2) is 34.0 Å². The number of hydrogen-bond donors (Lipinski definition) is 1. The van der Waals surface area contributed by atoms with E-state index in [-0.39, 0.29) is 11.7 Å². The molecule has 0 aliphatic rings. The summed E-state index contributed by atoms with van der Waals surface area (Å²) < 4.78 is 10.6. The standard InChI is InChI=1S/C16H14N4O3S/c1-22-13-6-2-5-12(8-13)18-14(21)10-24-16-20-19-15(23-16)11-4-3-7-17-9-11/h2-9H,10H2,1H3,(H,18,21). The number of hydrogen-bond acceptors (Lipinski definition) is 7. The van der Waals surface area contributed by atoms with Crippen LogP contribution in [0.5, 0.6) is 5.75 Å². The predicted octanol–water partition coefficient (Wildman–Crippen LogP) is 2.87. The number of amides is 1. The van der Waals surface area contributed by atoms with E-state index in [4.69, 9.17) is 9.15 Å². The summed E-state index contributed by atoms with van der Waals surface area (Å²) in [5.41, 5.74) is 1.40. The molecule has 2 aromatic heterocycles. The molecule has 0 bridgehead atoms. The number of carbonyl (C=O) groups is 1. The van der Waals surface area contributed by atoms with Gasteiger partial charge in [0.15, 0.2) is 0 Å². The second kappa shape index (κ2) is 7.60. The minimum absolute atomic E-state index is 0.159. The lowest BCUT2D eigenvalue weighted by molar-refractivity contribution is -0.113. The molecule has 0 spiro atoms. The Bertz CT molecular complexity index is 823. The maximum atomic E-state index is 12.0. The van der Waals surface area contributed by atoms with Gasteiger partial charge < -0.3 is 14.5 Å². The average Bonchev–Trinajstić information content (AvgIpc) is 3.10. The van der Waals surface area contributed by atoms with Gasteiger partial charge in [0.2, 0.25) is 11.8 Å². The third-order valence-electron chi connectivity index (χ3n) is 3.00. The number of rotatable bonds is 6. The Labute approximate surface area is 142 Å². The minimum Gasteiger partial charge on any atom is -0.497 e. The number of anilines is 1. The molecular formula is C16H14N4O3S. The molecule has 3 aromatic rings. The smallest absolute Gasteiger partial charge is 0.277 e. The van der Waals surface area contributed by atoms with Gasteiger partial charge >= 0.3 is 0 Å². The quantitative estimate of drug-likeness (QED) is 0.689. The lowest BCUT2D eigenvalue weighted by Crippen LogP contribution is -2.13. The van der Waals surface area contributed by atoms with E-state index in [9.17, 15) is 4.79 Å². The number of thioether (sulfide) groups is 1. The fraction of sp³-hybridized carbons (Fsp3) is 0.125. The molecule has 1 aromatic carbocycles. The second-order valence-electron chi connectivity index (χ2n) is 4.68. The SMILES string of the molecule is COc1cccc(NC(=O)CSc2nnc(-c3cccnc3)o2)c1. The lowest BCUT2D eigenvalue weighted by atomic mass is 10.3. The summed E-state index contributed by atoms with van der Waals surface area (Å²) in [5.74, 6) is 1.04. The van der Waals surface area contributed by atoms with Gasteiger partial charge in [0, 0.05) is 24.1 Å². The molecule has 2 heterocycles. The van der Waals surface area contributed by atoms with Crippen molar-refractivity contribution < 1.29 is 13.9 Å². The summed E-state index contributed by atoms with van der Waals surface area (Å²) in [7, 11) is 1.58. The van der Waals surface area contributed by atoms with Crippen LogP contribution in [0.2, 0.25) is 0 Å². The van der Waals surface area contributed by atoms with Crippen molar-refractivity contribution in [2.45, 2.75) is 5.22 Å². The molecule has 0 radical (unpaired) electrons. The van der Waals surface area contributed by atoms with Gasteiger partial charge in [-0.15, -0.1) is 10.2 Å². The second-order valence-corrected chi connectivity index (χ2v) is 5.61. The van der Waals surface area contributed by atoms with Gasteiger partial charge in [0.25, 0.3) is 5.22 Å². The summed E-state index contributed by atoms with van der Waals surface area (Å²) in [6, 6.07) is 10.8. The molecule has 7 nitrogen and oxygen atoms in total. The monoisotopic (exact) mass is 342 g/mol. The van der Waals surface area contributed by atoms with Crippen molar-refractivity contribution >= 4 is 23.4 Å². The van der Waals surface area contributed by atoms with E-state index in [1.807, 2.05) is 12.1 Å². The first-order valence-electron chi connectivity index (χ1n) is 7.05. The van der Waals surface area contributed by atoms with Crippen molar-refractivity contribution in [3.63, 3.8) is 0 Å². The van der Waals surface area contributed by atoms with Crippen LogP contribution >= 0.6 is 11.8 Å². The van der Waals surface area contributed by atoms with Gasteiger partial charge in [0.05, 0.1) is 18.4 Å². The lowest BCUT2D eigenvalue weighted by Gasteiger charge is -2.05. The van der Waals surface area contributed by atoms with Gasteiger partial charge in [-0.2, -0.15) is 0 Å². The average molecular weight is 342 g/mol. The topological polar surface area (TPSA) is 90.1 Å². The Morgan fingerprint density at radius 3 is 3.00 bits per heavy atom. The van der Waals surface area contributed by atoms with Gasteiger partial charge in [-0.1, -0.05) is 17.8 Å². The number of pyridine rings is 1. The predicted molar refractivity (Wildman–Crippen MR) is 89.9 cm³/mol. The van der Waals surface area contributed by atoms with E-state index in [0.29, 0.717) is 22.6 Å². The number of benzene rings is 1. The van der Waals surface area contributed by atoms with Gasteiger partial charge in [-0.25, -0.2) is 0 Å². The van der Waals surface area contributed by atoms with Crippen LogP contribution in [-0.2, 0) is 4.79 Å². The molecule has 0 saturated heterocycles. The van der Waals surface area contributed by atoms with Crippen LogP contribution in [0.25, 0.3) is 11.5 Å². The summed E-state index contributed by atoms with van der Waals surface area (Å²) >= 11 is 1.17. The van der Waals surface area contributed by atoms with Crippen LogP contribution in [0.15, 0.2) is 58.4 Å². The zero-order chi connectivity index (χ0) is 16.8. The number of methoxy groups -OCH3 is 1. The zero-order valence-electron chi connectivity index (χ0n) is 12.8. The Morgan fingerprint density at radius 1 is 1.29 bits per heavy atom. The number of carbonyl (C=O) groups excluding carboxylic acids is 1. The van der Waals surface area contributed by atoms with E-state index in [0.717, 1.165) is 5.56 Å². The highest BCUT2D eigenvalue weighted by Gasteiger charge is 2.11. The molecule has 8 heteroatoms. The van der Waals surface area contributed by atoms with Gasteiger partial charge in [0.1, 0.15) is 5.75 Å². The van der Waals surface area contributed by atoms with Crippen molar-refractivity contribution in [2.24, 2.45) is 0 Å². The van der Waals surface area contributed by atoms with E-state index in [2.05, 4.69) is 20.5 Å². The van der Waals surface area contributed by atoms with E-state index in [1.165, 1.54) is 11.8 Å². The Morgan fingerprint density at radius 2 is 2.21 bits per heavy atom.